The molecule has 0 spiro atoms. The molecule has 2 aromatic carbocycles. The topological polar surface area (TPSA) is 46.5 Å². The lowest BCUT2D eigenvalue weighted by Crippen LogP contribution is -1.90. The molecule has 0 heterocycles. The second-order valence-electron chi connectivity index (χ2n) is 3.89. The van der Waals surface area contributed by atoms with Crippen LogP contribution in [0.1, 0.15) is 5.56 Å². The van der Waals surface area contributed by atoms with Crippen molar-refractivity contribution in [3.63, 3.8) is 0 Å². The van der Waals surface area contributed by atoms with Crippen LogP contribution in [0, 0.1) is 0 Å². The van der Waals surface area contributed by atoms with Crippen molar-refractivity contribution in [1.29, 1.82) is 0 Å². The molecule has 1 N–H and O–H groups in total. The maximum atomic E-state index is 10.6. The Labute approximate surface area is 129 Å². The van der Waals surface area contributed by atoms with Crippen molar-refractivity contribution < 1.29 is 14.6 Å². The largest absolute Gasteiger partial charge is 0.478 e. The molecule has 5 heteroatoms. The molecule has 0 aliphatic rings. The third-order valence-corrected chi connectivity index (χ3v) is 3.24. The number of carbonyl (C=O) groups is 1. The van der Waals surface area contributed by atoms with Crippen molar-refractivity contribution in [2.45, 2.75) is 0 Å². The van der Waals surface area contributed by atoms with Gasteiger partial charge in [-0.2, -0.15) is 0 Å². The fraction of sp³-hybridized carbons (Fsp3) is 0. The Morgan fingerprint density at radius 1 is 1.20 bits per heavy atom. The highest BCUT2D eigenvalue weighted by Crippen LogP contribution is 2.32. The number of ether oxygens (including phenoxy) is 1. The quantitative estimate of drug-likeness (QED) is 0.787. The summed E-state index contributed by atoms with van der Waals surface area (Å²) in [5, 5.41) is 9.20. The van der Waals surface area contributed by atoms with Crippen LogP contribution in [0.4, 0.5) is 0 Å². The van der Waals surface area contributed by atoms with Gasteiger partial charge in [0.15, 0.2) is 0 Å². The van der Waals surface area contributed by atoms with Gasteiger partial charge in [0, 0.05) is 16.1 Å². The molecule has 0 bridgehead atoms. The van der Waals surface area contributed by atoms with E-state index < -0.39 is 5.97 Å². The van der Waals surface area contributed by atoms with Gasteiger partial charge >= 0.3 is 5.97 Å². The summed E-state index contributed by atoms with van der Waals surface area (Å²) < 4.78 is 6.56. The van der Waals surface area contributed by atoms with Crippen LogP contribution in [0.3, 0.4) is 0 Å². The first-order valence-electron chi connectivity index (χ1n) is 5.69. The van der Waals surface area contributed by atoms with Gasteiger partial charge in [0.25, 0.3) is 0 Å². The van der Waals surface area contributed by atoms with E-state index in [-0.39, 0.29) is 0 Å². The molecule has 0 unspecified atom stereocenters. The van der Waals surface area contributed by atoms with Gasteiger partial charge in [0.05, 0.1) is 5.02 Å². The third-order valence-electron chi connectivity index (χ3n) is 2.43. The maximum absolute atomic E-state index is 10.6. The molecular weight excluding hydrogens is 344 g/mol. The van der Waals surface area contributed by atoms with Crippen molar-refractivity contribution in [3.8, 4) is 11.5 Å². The van der Waals surface area contributed by atoms with Gasteiger partial charge in [0.2, 0.25) is 0 Å². The molecule has 0 radical (unpaired) electrons. The van der Waals surface area contributed by atoms with Gasteiger partial charge < -0.3 is 9.84 Å². The lowest BCUT2D eigenvalue weighted by molar-refractivity contribution is -0.131. The van der Waals surface area contributed by atoms with Crippen LogP contribution in [0.15, 0.2) is 53.0 Å². The number of halogens is 2. The van der Waals surface area contributed by atoms with E-state index in [1.807, 2.05) is 18.2 Å². The molecule has 102 valence electrons. The average Bonchev–Trinajstić information content (AvgIpc) is 2.41. The van der Waals surface area contributed by atoms with Gasteiger partial charge in [-0.3, -0.25) is 0 Å². The SMILES string of the molecule is O=C(O)/C=C/c1cc(Br)ccc1Oc1ccccc1Cl. The number of hydrogen-bond donors (Lipinski definition) is 1. The van der Waals surface area contributed by atoms with Gasteiger partial charge in [0.1, 0.15) is 11.5 Å². The fourth-order valence-electron chi connectivity index (χ4n) is 1.55. The molecule has 0 saturated carbocycles. The highest BCUT2D eigenvalue weighted by Gasteiger charge is 2.06. The Balaban J connectivity index is 2.36. The maximum Gasteiger partial charge on any atom is 0.328 e. The molecule has 3 nitrogen and oxygen atoms in total. The van der Waals surface area contributed by atoms with Crippen molar-refractivity contribution >= 4 is 39.6 Å². The molecule has 0 amide bonds. The third kappa shape index (κ3) is 3.85. The molecule has 0 fully saturated rings. The molecule has 2 aromatic rings. The fourth-order valence-corrected chi connectivity index (χ4v) is 2.10. The van der Waals surface area contributed by atoms with E-state index in [0.717, 1.165) is 10.5 Å². The zero-order chi connectivity index (χ0) is 14.5. The van der Waals surface area contributed by atoms with Crippen LogP contribution in [0.5, 0.6) is 11.5 Å². The van der Waals surface area contributed by atoms with E-state index in [0.29, 0.717) is 22.1 Å². The van der Waals surface area contributed by atoms with Crippen LogP contribution in [-0.4, -0.2) is 11.1 Å². The van der Waals surface area contributed by atoms with Crippen LogP contribution >= 0.6 is 27.5 Å². The van der Waals surface area contributed by atoms with Gasteiger partial charge in [-0.15, -0.1) is 0 Å². The summed E-state index contributed by atoms with van der Waals surface area (Å²) in [6.45, 7) is 0. The van der Waals surface area contributed by atoms with E-state index in [1.165, 1.54) is 6.08 Å². The van der Waals surface area contributed by atoms with Gasteiger partial charge in [-0.25, -0.2) is 4.79 Å². The van der Waals surface area contributed by atoms with Crippen molar-refractivity contribution in [2.75, 3.05) is 0 Å². The Bertz CT molecular complexity index is 668. The van der Waals surface area contributed by atoms with E-state index in [9.17, 15) is 4.79 Å². The minimum Gasteiger partial charge on any atom is -0.478 e. The second kappa shape index (κ2) is 6.59. The standard InChI is InChI=1S/C15H10BrClO3/c16-11-6-7-13(10(9-11)5-8-15(18)19)20-14-4-2-1-3-12(14)17/h1-9H,(H,18,19)/b8-5+. The summed E-state index contributed by atoms with van der Waals surface area (Å²) in [4.78, 5) is 10.6. The van der Waals surface area contributed by atoms with E-state index in [1.54, 1.807) is 24.3 Å². The average molecular weight is 354 g/mol. The normalized spacial score (nSPS) is 10.7. The van der Waals surface area contributed by atoms with Gasteiger partial charge in [-0.05, 0) is 36.4 Å². The first-order chi connectivity index (χ1) is 9.56. The summed E-state index contributed by atoms with van der Waals surface area (Å²) in [6.07, 6.45) is 2.53. The molecule has 0 aliphatic heterocycles. The zero-order valence-corrected chi connectivity index (χ0v) is 12.6. The molecule has 0 aliphatic carbocycles. The first kappa shape index (κ1) is 14.6. The van der Waals surface area contributed by atoms with Crippen LogP contribution in [0.2, 0.25) is 5.02 Å². The monoisotopic (exact) mass is 352 g/mol. The predicted octanol–water partition coefficient (Wildman–Crippen LogP) is 4.99. The summed E-state index contributed by atoms with van der Waals surface area (Å²) in [6, 6.07) is 12.4. The summed E-state index contributed by atoms with van der Waals surface area (Å²) in [5.74, 6) is 0.0222. The number of benzene rings is 2. The summed E-state index contributed by atoms with van der Waals surface area (Å²) in [5.41, 5.74) is 0.640. The number of carboxylic acid groups (broad SMARTS) is 1. The van der Waals surface area contributed by atoms with Crippen LogP contribution in [0.25, 0.3) is 6.08 Å². The van der Waals surface area contributed by atoms with E-state index in [2.05, 4.69) is 15.9 Å². The number of para-hydroxylation sites is 1. The minimum absolute atomic E-state index is 0.489. The minimum atomic E-state index is -1.02. The van der Waals surface area contributed by atoms with Crippen molar-refractivity contribution in [1.82, 2.24) is 0 Å². The van der Waals surface area contributed by atoms with Crippen LogP contribution < -0.4 is 4.74 Å². The van der Waals surface area contributed by atoms with Crippen molar-refractivity contribution in [3.05, 3.63) is 63.6 Å². The zero-order valence-electron chi connectivity index (χ0n) is 10.2. The Kier molecular flexibility index (Phi) is 4.82. The Morgan fingerprint density at radius 2 is 1.95 bits per heavy atom. The number of carboxylic acids is 1. The Hall–Kier alpha value is -1.78. The molecule has 20 heavy (non-hydrogen) atoms. The number of rotatable bonds is 4. The highest BCUT2D eigenvalue weighted by atomic mass is 79.9. The molecular formula is C15H10BrClO3. The molecule has 2 rings (SSSR count). The second-order valence-corrected chi connectivity index (χ2v) is 5.21. The van der Waals surface area contributed by atoms with Crippen molar-refractivity contribution in [2.24, 2.45) is 0 Å². The highest BCUT2D eigenvalue weighted by molar-refractivity contribution is 9.10. The number of hydrogen-bond acceptors (Lipinski definition) is 2. The van der Waals surface area contributed by atoms with Crippen LogP contribution in [-0.2, 0) is 4.79 Å². The first-order valence-corrected chi connectivity index (χ1v) is 6.86. The van der Waals surface area contributed by atoms with Gasteiger partial charge in [-0.1, -0.05) is 39.7 Å². The van der Waals surface area contributed by atoms with E-state index in [4.69, 9.17) is 21.4 Å². The lowest BCUT2D eigenvalue weighted by atomic mass is 10.2. The molecule has 0 aromatic heterocycles. The molecule has 0 atom stereocenters. The lowest BCUT2D eigenvalue weighted by Gasteiger charge is -2.10. The molecule has 0 saturated heterocycles. The summed E-state index contributed by atoms with van der Waals surface area (Å²) in [7, 11) is 0. The predicted molar refractivity (Wildman–Crippen MR) is 82.3 cm³/mol. The Morgan fingerprint density at radius 3 is 2.65 bits per heavy atom. The number of aliphatic carboxylic acids is 1. The smallest absolute Gasteiger partial charge is 0.328 e. The summed E-state index contributed by atoms with van der Waals surface area (Å²) >= 11 is 9.38. The van der Waals surface area contributed by atoms with E-state index >= 15 is 0 Å².